The minimum atomic E-state index is -8.35. The minimum absolute atomic E-state index is 0.598. The van der Waals surface area contributed by atoms with Gasteiger partial charge in [0.25, 0.3) is 0 Å². The molecular weight excluding hydrogens is 1560 g/mol. The van der Waals surface area contributed by atoms with Crippen LogP contribution < -0.4 is 5.32 Å². The van der Waals surface area contributed by atoms with E-state index < -0.39 is 267 Å². The van der Waals surface area contributed by atoms with E-state index in [1.807, 2.05) is 5.32 Å². The van der Waals surface area contributed by atoms with Crippen LogP contribution in [0, 0.1) is 0 Å². The average molecular weight is 1630 g/mol. The molecule has 1 unspecified atom stereocenters. The molecular formula is C56H69F13INO31. The van der Waals surface area contributed by atoms with E-state index in [2.05, 4.69) is 0 Å². The number of nitrogens with one attached hydrogen (secondary N) is 1. The zero-order valence-electron chi connectivity index (χ0n) is 55.3. The Morgan fingerprint density at radius 3 is 0.814 bits per heavy atom. The lowest BCUT2D eigenvalue weighted by atomic mass is 9.91. The van der Waals surface area contributed by atoms with Gasteiger partial charge in [0.1, 0.15) is 43.7 Å². The maximum atomic E-state index is 15.6. The quantitative estimate of drug-likeness (QED) is 0.0323. The maximum Gasteiger partial charge on any atom is 0.460 e. The number of carbonyl (C=O) groups is 13. The Morgan fingerprint density at radius 2 is 0.578 bits per heavy atom. The number of esters is 12. The smallest absolute Gasteiger partial charge is 0.460 e. The molecule has 32 nitrogen and oxygen atoms in total. The topological polar surface area (TPSA) is 400 Å². The Bertz CT molecular complexity index is 2810. The van der Waals surface area contributed by atoms with Crippen LogP contribution >= 0.6 is 22.6 Å². The van der Waals surface area contributed by atoms with Crippen LogP contribution in [0.4, 0.5) is 57.1 Å². The van der Waals surface area contributed by atoms with Crippen LogP contribution in [0.1, 0.15) is 95.9 Å². The first-order chi connectivity index (χ1) is 46.6. The summed E-state index contributed by atoms with van der Waals surface area (Å²) in [5.74, 6) is -56.2. The molecule has 0 bridgehead atoms. The summed E-state index contributed by atoms with van der Waals surface area (Å²) in [6.45, 7) is 1.30. The molecule has 3 fully saturated rings. The summed E-state index contributed by atoms with van der Waals surface area (Å²) in [4.78, 5) is 167. The average Bonchev–Trinajstić information content (AvgIpc) is 0.711. The molecule has 3 saturated heterocycles. The first-order valence-corrected chi connectivity index (χ1v) is 30.6. The first-order valence-electron chi connectivity index (χ1n) is 29.3. The molecule has 16 atom stereocenters. The predicted octanol–water partition coefficient (Wildman–Crippen LogP) is 3.46. The summed E-state index contributed by atoms with van der Waals surface area (Å²) in [6.07, 6.45) is -45.3. The van der Waals surface area contributed by atoms with Gasteiger partial charge in [0, 0.05) is 99.9 Å². The van der Waals surface area contributed by atoms with Crippen LogP contribution in [0.5, 0.6) is 0 Å². The third-order valence-corrected chi connectivity index (χ3v) is 14.6. The normalized spacial score (nSPS) is 26.0. The van der Waals surface area contributed by atoms with Gasteiger partial charge in [-0.1, -0.05) is 22.6 Å². The number of alkyl halides is 14. The molecule has 3 heterocycles. The Morgan fingerprint density at radius 1 is 0.343 bits per heavy atom. The lowest BCUT2D eigenvalue weighted by Gasteiger charge is -2.47. The largest absolute Gasteiger partial charge is 0.463 e. The van der Waals surface area contributed by atoms with Crippen molar-refractivity contribution in [3.05, 3.63) is 0 Å². The fourth-order valence-corrected chi connectivity index (χ4v) is 10.7. The van der Waals surface area contributed by atoms with Gasteiger partial charge in [-0.15, -0.1) is 0 Å². The molecule has 582 valence electrons. The molecule has 3 aliphatic heterocycles. The molecule has 0 aromatic carbocycles. The van der Waals surface area contributed by atoms with Gasteiger partial charge in [-0.2, -0.15) is 57.1 Å². The molecule has 0 spiro atoms. The molecule has 3 rings (SSSR count). The van der Waals surface area contributed by atoms with Crippen molar-refractivity contribution in [2.45, 2.75) is 233 Å². The monoisotopic (exact) mass is 1630 g/mol. The van der Waals surface area contributed by atoms with E-state index in [1.54, 1.807) is 0 Å². The Kier molecular flexibility index (Phi) is 31.7. The molecule has 0 radical (unpaired) electrons. The van der Waals surface area contributed by atoms with E-state index in [-0.39, 0.29) is 0 Å². The van der Waals surface area contributed by atoms with Crippen molar-refractivity contribution in [2.24, 2.45) is 0 Å². The van der Waals surface area contributed by atoms with Crippen molar-refractivity contribution in [1.29, 1.82) is 0 Å². The van der Waals surface area contributed by atoms with E-state index in [4.69, 9.17) is 85.3 Å². The maximum absolute atomic E-state index is 15.6. The van der Waals surface area contributed by atoms with Gasteiger partial charge in [0.2, 0.25) is 5.91 Å². The van der Waals surface area contributed by atoms with Crippen LogP contribution in [-0.4, -0.2) is 255 Å². The van der Waals surface area contributed by atoms with Crippen molar-refractivity contribution in [2.75, 3.05) is 39.6 Å². The fourth-order valence-electron chi connectivity index (χ4n) is 9.76. The summed E-state index contributed by atoms with van der Waals surface area (Å²) in [5, 5.41) is 2.05. The van der Waals surface area contributed by atoms with Crippen molar-refractivity contribution >= 4 is 100 Å². The molecule has 0 saturated carbocycles. The van der Waals surface area contributed by atoms with Crippen molar-refractivity contribution in [1.82, 2.24) is 5.32 Å². The second-order valence-corrected chi connectivity index (χ2v) is 24.2. The number of amides is 1. The van der Waals surface area contributed by atoms with Crippen molar-refractivity contribution in [3.8, 4) is 0 Å². The minimum Gasteiger partial charge on any atom is -0.463 e. The third kappa shape index (κ3) is 23.9. The van der Waals surface area contributed by atoms with Gasteiger partial charge in [-0.3, -0.25) is 62.3 Å². The van der Waals surface area contributed by atoms with E-state index in [1.165, 1.54) is 0 Å². The highest BCUT2D eigenvalue weighted by Gasteiger charge is 2.90. The number of hydrogen-bond donors (Lipinski definition) is 1. The summed E-state index contributed by atoms with van der Waals surface area (Å²) in [6, 6.07) is 0. The number of halogens is 14. The SMILES string of the molecule is CC(=O)OC[C@H]1O[C@@H](OCC(CO[C@@H]2O[C@H](COC(C)=O)[C@@H](OC(C)=O)[C@H](OC(C)=O)[C@H]2OC(C)=O)(CO[C@@H]2O[C@H](COC(C)=O)[C@@H](OC(C)=O)[C@H](OC(C)=O)[C@H]2OC(C)=O)NC(=O)CC(I)CC(F)(F)C(F)(F)C(F)(F)C(F)(F)C(F)(F)C(F)(F)F)[C@H](OC(C)=O)[C@@H](OC(C)=O)[C@@H]1OC(C)=O. The molecule has 46 heteroatoms. The van der Waals surface area contributed by atoms with E-state index >= 15 is 17.6 Å². The number of rotatable bonds is 33. The van der Waals surface area contributed by atoms with Crippen molar-refractivity contribution < 1.29 is 205 Å². The Labute approximate surface area is 581 Å². The highest BCUT2D eigenvalue weighted by Crippen LogP contribution is 2.61. The highest BCUT2D eigenvalue weighted by molar-refractivity contribution is 14.1. The van der Waals surface area contributed by atoms with Crippen LogP contribution in [0.15, 0.2) is 0 Å². The first kappa shape index (κ1) is 88.9. The van der Waals surface area contributed by atoms with Crippen LogP contribution in [0.3, 0.4) is 0 Å². The fraction of sp³-hybridized carbons (Fsp3) is 0.768. The molecule has 1 N–H and O–H groups in total. The predicted molar refractivity (Wildman–Crippen MR) is 302 cm³/mol. The van der Waals surface area contributed by atoms with Gasteiger partial charge in [0.05, 0.1) is 19.8 Å². The number of carbonyl (C=O) groups excluding carboxylic acids is 13. The van der Waals surface area contributed by atoms with E-state index in [0.29, 0.717) is 43.4 Å². The summed E-state index contributed by atoms with van der Waals surface area (Å²) < 4.78 is 284. The molecule has 0 aromatic rings. The second kappa shape index (κ2) is 36.4. The van der Waals surface area contributed by atoms with Crippen LogP contribution in [0.25, 0.3) is 0 Å². The molecule has 0 aromatic heterocycles. The van der Waals surface area contributed by atoms with E-state index in [0.717, 1.165) is 62.3 Å². The number of hydrogen-bond acceptors (Lipinski definition) is 31. The van der Waals surface area contributed by atoms with Gasteiger partial charge in [-0.25, -0.2) is 0 Å². The lowest BCUT2D eigenvalue weighted by Crippen LogP contribution is -2.70. The molecule has 102 heavy (non-hydrogen) atoms. The molecule has 1 amide bonds. The van der Waals surface area contributed by atoms with Crippen LogP contribution in [0.2, 0.25) is 0 Å². The summed E-state index contributed by atoms with van der Waals surface area (Å²) in [5.41, 5.74) is -3.17. The lowest BCUT2D eigenvalue weighted by molar-refractivity contribution is -0.440. The molecule has 3 aliphatic rings. The van der Waals surface area contributed by atoms with E-state index in [9.17, 15) is 102 Å². The van der Waals surface area contributed by atoms with Gasteiger partial charge >= 0.3 is 107 Å². The van der Waals surface area contributed by atoms with Gasteiger partial charge in [-0.05, 0) is 0 Å². The summed E-state index contributed by atoms with van der Waals surface area (Å²) in [7, 11) is 0. The Hall–Kier alpha value is -7.31. The molecule has 0 aliphatic carbocycles. The zero-order valence-corrected chi connectivity index (χ0v) is 57.5. The third-order valence-electron chi connectivity index (χ3n) is 13.7. The second-order valence-electron chi connectivity index (χ2n) is 22.5. The van der Waals surface area contributed by atoms with Gasteiger partial charge in [0.15, 0.2) is 73.8 Å². The van der Waals surface area contributed by atoms with Gasteiger partial charge < -0.3 is 90.6 Å². The number of ether oxygens (including phenoxy) is 18. The summed E-state index contributed by atoms with van der Waals surface area (Å²) >= 11 is 0.598. The highest BCUT2D eigenvalue weighted by atomic mass is 127. The van der Waals surface area contributed by atoms with Crippen molar-refractivity contribution in [3.63, 3.8) is 0 Å². The standard InChI is InChI=1S/C56H69F13INO31/c1-21(72)85-15-34-38(91-24(4)75)41(94-27(7)78)44(97-30(10)81)47(100-34)88-18-50(19-89-48-45(98-31(11)82)42(95-28(8)79)39(92-25(5)76)35(101-48)16-86-22(2)73,20-90-49-46(99-32(12)83)43(96-29(9)80)40(93-26(6)77)36(102-49)17-87-23(3)74)71-37(84)13-33(70)14-51(57,58)52(59,60)53(61,62)54(63,64)55(65,66)56(67,68)69/h33-36,38-49H,13-20H2,1-12H3,(H,71,84)/t33?,34-,35-,36-,38-,39-,40-,41+,42+,43+,44-,45-,46-,47-,48-,49-/m1/s1. The van der Waals surface area contributed by atoms with Crippen LogP contribution in [-0.2, 0) is 148 Å². The zero-order chi connectivity index (χ0) is 78.3. The Balaban J connectivity index is 2.62.